The fourth-order valence-electron chi connectivity index (χ4n) is 7.87. The first kappa shape index (κ1) is 61.3. The van der Waals surface area contributed by atoms with Crippen LogP contribution in [0.4, 0.5) is 0 Å². The quantitative estimate of drug-likeness (QED) is 0.0527. The van der Waals surface area contributed by atoms with E-state index < -0.39 is 5.75 Å². The molecule has 4 aliphatic rings. The lowest BCUT2D eigenvalue weighted by Gasteiger charge is -2.20. The van der Waals surface area contributed by atoms with Crippen LogP contribution in [0.2, 0.25) is 0 Å². The number of hydrogen-bond donors (Lipinski definition) is 6. The van der Waals surface area contributed by atoms with Gasteiger partial charge in [-0.15, -0.1) is 34.8 Å². The molecule has 0 unspecified atom stereocenters. The van der Waals surface area contributed by atoms with Gasteiger partial charge in [0.25, 0.3) is 0 Å². The number of phenolic OH excluding ortho intramolecular Hbond substituents is 6. The maximum atomic E-state index is 9.33. The molecule has 0 fully saturated rings. The van der Waals surface area contributed by atoms with Gasteiger partial charge in [0.1, 0.15) is 57.7 Å². The highest BCUT2D eigenvalue weighted by atomic mass is 35.5. The standard InChI is InChI=1S/C11H13ClO.C10H11ClO3.C9H11ClO2.C9H10O.C8H8O3.C7H8O2.C6H6O3/c12-7-8-13-11-6-2-4-9-3-1-5-10(9)11;11-4-5-12-8-2-1-3-9-10(8)14-7-6-13-9;1-11-8-4-2-3-5-9(8)12-7-6-10;10-9-6-2-4-7-3-1-5-8(7)9;9-6-2-1-3-7-8(6)11-5-4-10-7;1-9-7-5-3-2-4-6(7)8;7-4-2-1-3-5(8)6(4)9/h2,4,6H,1,3,5,7-8H2;1-3H,4-7H2;2-5H,6-7H2,1H3;2,4,6,10H,1,3,5H2;1-3,9H,4-5H2;2-5,8H,1H3;1-3,7-9H. The lowest BCUT2D eigenvalue weighted by molar-refractivity contribution is 0.163. The lowest BCUT2D eigenvalue weighted by Crippen LogP contribution is -2.16. The molecule has 0 bridgehead atoms. The van der Waals surface area contributed by atoms with Crippen molar-refractivity contribution < 1.29 is 73.3 Å². The van der Waals surface area contributed by atoms with Crippen LogP contribution in [-0.2, 0) is 25.7 Å². The Kier molecular flexibility index (Phi) is 26.9. The number of hydrogen-bond acceptors (Lipinski definition) is 15. The van der Waals surface area contributed by atoms with Crippen molar-refractivity contribution in [1.29, 1.82) is 0 Å². The summed E-state index contributed by atoms with van der Waals surface area (Å²) < 4.78 is 47.4. The van der Waals surface area contributed by atoms with Gasteiger partial charge in [-0.3, -0.25) is 0 Å². The van der Waals surface area contributed by atoms with Crippen LogP contribution in [0.1, 0.15) is 35.1 Å². The van der Waals surface area contributed by atoms with Crippen molar-refractivity contribution in [3.8, 4) is 86.2 Å². The number of aromatic hydroxyl groups is 6. The zero-order chi connectivity index (χ0) is 55.9. The Morgan fingerprint density at radius 2 is 0.782 bits per heavy atom. The zero-order valence-corrected chi connectivity index (χ0v) is 45.9. The second-order valence-electron chi connectivity index (χ2n) is 16.7. The van der Waals surface area contributed by atoms with Gasteiger partial charge in [-0.2, -0.15) is 0 Å². The molecule has 0 spiro atoms. The summed E-state index contributed by atoms with van der Waals surface area (Å²) in [7, 11) is 3.14. The number of phenols is 6. The average molecular weight is 1130 g/mol. The largest absolute Gasteiger partial charge is 0.508 e. The maximum Gasteiger partial charge on any atom is 0.203 e. The molecule has 15 nitrogen and oxygen atoms in total. The Hall–Kier alpha value is -7.59. The first-order chi connectivity index (χ1) is 38.0. The number of alkyl halides is 3. The Bertz CT molecular complexity index is 2850. The van der Waals surface area contributed by atoms with Crippen LogP contribution in [0.5, 0.6) is 86.2 Å². The molecule has 0 saturated carbocycles. The minimum Gasteiger partial charge on any atom is -0.508 e. The average Bonchev–Trinajstić information content (AvgIpc) is 4.19. The monoisotopic (exact) mass is 1130 g/mol. The summed E-state index contributed by atoms with van der Waals surface area (Å²) in [5.74, 6) is 7.44. The molecule has 6 N–H and O–H groups in total. The second-order valence-corrected chi connectivity index (χ2v) is 17.8. The second kappa shape index (κ2) is 34.2. The number of methoxy groups -OCH3 is 2. The normalized spacial score (nSPS) is 12.4. The molecule has 0 atom stereocenters. The molecule has 418 valence electrons. The zero-order valence-electron chi connectivity index (χ0n) is 43.6. The van der Waals surface area contributed by atoms with Crippen LogP contribution in [-0.4, -0.2) is 109 Å². The summed E-state index contributed by atoms with van der Waals surface area (Å²) in [5, 5.41) is 53.7. The Balaban J connectivity index is 0.000000169. The molecular weight excluding hydrogens is 1070 g/mol. The predicted octanol–water partition coefficient (Wildman–Crippen LogP) is 12.4. The number of benzene rings is 7. The van der Waals surface area contributed by atoms with Gasteiger partial charge >= 0.3 is 0 Å². The van der Waals surface area contributed by atoms with Crippen LogP contribution in [0.15, 0.2) is 140 Å². The maximum absolute atomic E-state index is 9.33. The highest BCUT2D eigenvalue weighted by molar-refractivity contribution is 6.18. The van der Waals surface area contributed by atoms with E-state index in [0.717, 1.165) is 42.3 Å². The Morgan fingerprint density at radius 3 is 1.35 bits per heavy atom. The van der Waals surface area contributed by atoms with E-state index >= 15 is 0 Å². The van der Waals surface area contributed by atoms with Crippen molar-refractivity contribution in [2.24, 2.45) is 0 Å². The summed E-state index contributed by atoms with van der Waals surface area (Å²) >= 11 is 16.6. The van der Waals surface area contributed by atoms with Crippen molar-refractivity contribution in [2.75, 3.05) is 78.1 Å². The minimum absolute atomic E-state index is 0.141. The first-order valence-corrected chi connectivity index (χ1v) is 26.7. The molecule has 18 heteroatoms. The van der Waals surface area contributed by atoms with Crippen molar-refractivity contribution in [1.82, 2.24) is 0 Å². The summed E-state index contributed by atoms with van der Waals surface area (Å²) in [6.07, 6.45) is 7.02. The third-order valence-corrected chi connectivity index (χ3v) is 11.9. The van der Waals surface area contributed by atoms with E-state index in [1.165, 1.54) is 66.8 Å². The molecule has 7 aromatic rings. The molecule has 2 heterocycles. The number of fused-ring (bicyclic) bond motifs is 4. The van der Waals surface area contributed by atoms with Crippen LogP contribution in [0, 0.1) is 0 Å². The third kappa shape index (κ3) is 19.5. The molecule has 0 aromatic heterocycles. The summed E-state index contributed by atoms with van der Waals surface area (Å²) in [6, 6.07) is 41.1. The number of halogens is 3. The van der Waals surface area contributed by atoms with E-state index in [0.29, 0.717) is 98.4 Å². The summed E-state index contributed by atoms with van der Waals surface area (Å²) in [6.45, 7) is 3.79. The summed E-state index contributed by atoms with van der Waals surface area (Å²) in [4.78, 5) is 0. The van der Waals surface area contributed by atoms with Gasteiger partial charge in [0.15, 0.2) is 63.2 Å². The van der Waals surface area contributed by atoms with Gasteiger partial charge in [-0.25, -0.2) is 0 Å². The molecule has 7 aromatic carbocycles. The van der Waals surface area contributed by atoms with Crippen LogP contribution >= 0.6 is 34.8 Å². The molecule has 0 saturated heterocycles. The van der Waals surface area contributed by atoms with E-state index in [-0.39, 0.29) is 23.0 Å². The SMILES string of the molecule is COc1ccccc1O.COc1ccccc1OCCCl.ClCCOc1cccc2c1CCC2.ClCCOc1cccc2c1OCCO2.Oc1cccc(O)c1O.Oc1cccc2c1CCC2.Oc1cccc2c1OCCO2. The number of rotatable bonds is 11. The fourth-order valence-corrected chi connectivity index (χ4v) is 8.10. The van der Waals surface area contributed by atoms with Crippen molar-refractivity contribution in [2.45, 2.75) is 38.5 Å². The molecule has 2 aliphatic heterocycles. The smallest absolute Gasteiger partial charge is 0.203 e. The molecule has 2 aliphatic carbocycles. The molecule has 0 radical (unpaired) electrons. The predicted molar refractivity (Wildman–Crippen MR) is 303 cm³/mol. The highest BCUT2D eigenvalue weighted by Gasteiger charge is 2.18. The number of para-hydroxylation sites is 7. The molecule has 11 rings (SSSR count). The van der Waals surface area contributed by atoms with Gasteiger partial charge < -0.3 is 73.3 Å². The van der Waals surface area contributed by atoms with E-state index in [9.17, 15) is 10.2 Å². The van der Waals surface area contributed by atoms with Crippen LogP contribution in [0.3, 0.4) is 0 Å². The van der Waals surface area contributed by atoms with Crippen molar-refractivity contribution in [3.05, 3.63) is 162 Å². The Morgan fingerprint density at radius 1 is 0.372 bits per heavy atom. The lowest BCUT2D eigenvalue weighted by atomic mass is 10.1. The van der Waals surface area contributed by atoms with E-state index in [2.05, 4.69) is 18.2 Å². The third-order valence-electron chi connectivity index (χ3n) is 11.5. The van der Waals surface area contributed by atoms with Crippen LogP contribution < -0.4 is 42.6 Å². The van der Waals surface area contributed by atoms with Gasteiger partial charge in [-0.05, 0) is 134 Å². The first-order valence-electron chi connectivity index (χ1n) is 25.1. The van der Waals surface area contributed by atoms with Crippen molar-refractivity contribution >= 4 is 34.8 Å². The number of aryl methyl sites for hydroxylation is 2. The fraction of sp³-hybridized carbons (Fsp3) is 0.300. The van der Waals surface area contributed by atoms with E-state index in [1.54, 1.807) is 55.6 Å². The molecular formula is C60H67Cl3O15. The van der Waals surface area contributed by atoms with Gasteiger partial charge in [-0.1, -0.05) is 66.7 Å². The minimum atomic E-state index is -0.475. The van der Waals surface area contributed by atoms with Crippen molar-refractivity contribution in [3.63, 3.8) is 0 Å². The van der Waals surface area contributed by atoms with Crippen LogP contribution in [0.25, 0.3) is 0 Å². The van der Waals surface area contributed by atoms with Gasteiger partial charge in [0, 0.05) is 0 Å². The molecule has 0 amide bonds. The summed E-state index contributed by atoms with van der Waals surface area (Å²) in [5.41, 5.74) is 5.35. The topological polar surface area (TPSA) is 204 Å². The number of ether oxygens (including phenoxy) is 9. The Labute approximate surface area is 470 Å². The van der Waals surface area contributed by atoms with Gasteiger partial charge in [0.05, 0.1) is 31.9 Å². The molecule has 78 heavy (non-hydrogen) atoms. The van der Waals surface area contributed by atoms with Gasteiger partial charge in [0.2, 0.25) is 11.5 Å². The van der Waals surface area contributed by atoms with E-state index in [4.69, 9.17) is 97.9 Å². The highest BCUT2D eigenvalue weighted by Crippen LogP contribution is 2.40. The van der Waals surface area contributed by atoms with E-state index in [1.807, 2.05) is 54.6 Å².